The van der Waals surface area contributed by atoms with Crippen molar-refractivity contribution in [3.05, 3.63) is 17.7 Å². The molecule has 8 nitrogen and oxygen atoms in total. The first-order valence-electron chi connectivity index (χ1n) is 8.92. The Morgan fingerprint density at radius 1 is 1.19 bits per heavy atom. The third-order valence-corrected chi connectivity index (χ3v) is 5.05. The molecule has 3 aliphatic rings. The summed E-state index contributed by atoms with van der Waals surface area (Å²) in [6.07, 6.45) is 0.846. The van der Waals surface area contributed by atoms with Crippen molar-refractivity contribution in [1.82, 2.24) is 15.1 Å². The second-order valence-electron chi connectivity index (χ2n) is 6.72. The molecule has 4 rings (SSSR count). The molecule has 0 saturated carbocycles. The lowest BCUT2D eigenvalue weighted by Gasteiger charge is -2.43. The molecule has 3 aliphatic heterocycles. The fraction of sp³-hybridized carbons (Fsp3) is 0.556. The number of methoxy groups -OCH3 is 1. The van der Waals surface area contributed by atoms with Crippen molar-refractivity contribution >= 4 is 11.8 Å². The van der Waals surface area contributed by atoms with Crippen molar-refractivity contribution in [2.75, 3.05) is 46.5 Å². The van der Waals surface area contributed by atoms with Gasteiger partial charge in [0.1, 0.15) is 11.8 Å². The molecule has 8 heteroatoms. The molecule has 140 valence electrons. The molecule has 2 amide bonds. The van der Waals surface area contributed by atoms with E-state index in [4.69, 9.17) is 14.2 Å². The summed E-state index contributed by atoms with van der Waals surface area (Å²) in [4.78, 5) is 28.0. The van der Waals surface area contributed by atoms with Gasteiger partial charge in [0.2, 0.25) is 11.8 Å². The highest BCUT2D eigenvalue weighted by Gasteiger charge is 2.38. The summed E-state index contributed by atoms with van der Waals surface area (Å²) in [5, 5.41) is 2.67. The first-order valence-corrected chi connectivity index (χ1v) is 8.92. The Labute approximate surface area is 152 Å². The Bertz CT molecular complexity index is 723. The topological polar surface area (TPSA) is 80.3 Å². The minimum Gasteiger partial charge on any atom is -0.496 e. The second-order valence-corrected chi connectivity index (χ2v) is 6.72. The van der Waals surface area contributed by atoms with Crippen LogP contribution in [0.3, 0.4) is 0 Å². The maximum atomic E-state index is 12.1. The molecule has 0 bridgehead atoms. The van der Waals surface area contributed by atoms with Gasteiger partial charge in [-0.3, -0.25) is 14.5 Å². The molecule has 26 heavy (non-hydrogen) atoms. The second kappa shape index (κ2) is 7.03. The van der Waals surface area contributed by atoms with Gasteiger partial charge in [0.25, 0.3) is 0 Å². The van der Waals surface area contributed by atoms with Gasteiger partial charge in [0.05, 0.1) is 26.9 Å². The van der Waals surface area contributed by atoms with E-state index in [-0.39, 0.29) is 18.4 Å². The van der Waals surface area contributed by atoms with Crippen molar-refractivity contribution in [3.8, 4) is 17.2 Å². The van der Waals surface area contributed by atoms with Crippen LogP contribution in [0.1, 0.15) is 12.0 Å². The third kappa shape index (κ3) is 3.16. The van der Waals surface area contributed by atoms with Crippen molar-refractivity contribution in [2.24, 2.45) is 0 Å². The molecule has 1 unspecified atom stereocenters. The number of nitrogens with zero attached hydrogens (tertiary/aromatic N) is 2. The van der Waals surface area contributed by atoms with Crippen molar-refractivity contribution < 1.29 is 23.8 Å². The lowest BCUT2D eigenvalue weighted by molar-refractivity contribution is -0.149. The molecule has 2 fully saturated rings. The Hall–Kier alpha value is -2.48. The van der Waals surface area contributed by atoms with E-state index >= 15 is 0 Å². The first kappa shape index (κ1) is 17.0. The molecule has 0 aliphatic carbocycles. The standard InChI is InChI=1S/C18H23N3O5/c1-24-14-8-16-15(25-5-2-6-26-16)7-12(14)10-20-3-4-21-13(11-20)18(23)19-9-17(21)22/h7-8,13H,2-6,9-11H2,1H3,(H,19,23). The van der Waals surface area contributed by atoms with Crippen molar-refractivity contribution in [2.45, 2.75) is 19.0 Å². The molecule has 1 aromatic carbocycles. The largest absolute Gasteiger partial charge is 0.496 e. The minimum absolute atomic E-state index is 0.0117. The normalized spacial score (nSPS) is 23.1. The monoisotopic (exact) mass is 361 g/mol. The van der Waals surface area contributed by atoms with Crippen molar-refractivity contribution in [3.63, 3.8) is 0 Å². The van der Waals surface area contributed by atoms with E-state index in [9.17, 15) is 9.59 Å². The van der Waals surface area contributed by atoms with Gasteiger partial charge >= 0.3 is 0 Å². The van der Waals surface area contributed by atoms with Gasteiger partial charge in [0, 0.05) is 44.2 Å². The van der Waals surface area contributed by atoms with Gasteiger partial charge in [-0.1, -0.05) is 0 Å². The first-order chi connectivity index (χ1) is 12.7. The number of ether oxygens (including phenoxy) is 3. The van der Waals surface area contributed by atoms with Gasteiger partial charge < -0.3 is 24.4 Å². The number of amides is 2. The van der Waals surface area contributed by atoms with Crippen LogP contribution in [0.15, 0.2) is 12.1 Å². The Kier molecular flexibility index (Phi) is 4.58. The van der Waals surface area contributed by atoms with Gasteiger partial charge in [-0.25, -0.2) is 0 Å². The molecule has 2 saturated heterocycles. The van der Waals surface area contributed by atoms with E-state index in [1.807, 2.05) is 12.1 Å². The van der Waals surface area contributed by atoms with Gasteiger partial charge in [-0.15, -0.1) is 0 Å². The quantitative estimate of drug-likeness (QED) is 0.816. The molecule has 0 radical (unpaired) electrons. The Morgan fingerprint density at radius 2 is 1.96 bits per heavy atom. The number of fused-ring (bicyclic) bond motifs is 2. The number of benzene rings is 1. The lowest BCUT2D eigenvalue weighted by Crippen LogP contribution is -2.65. The van der Waals surface area contributed by atoms with E-state index in [0.29, 0.717) is 45.1 Å². The predicted octanol–water partition coefficient (Wildman–Crippen LogP) is -0.000900. The summed E-state index contributed by atoms with van der Waals surface area (Å²) in [6.45, 7) is 3.76. The number of carbonyl (C=O) groups is 2. The number of rotatable bonds is 3. The number of carbonyl (C=O) groups excluding carboxylic acids is 2. The van der Waals surface area contributed by atoms with Gasteiger partial charge in [-0.05, 0) is 6.07 Å². The summed E-state index contributed by atoms with van der Waals surface area (Å²) in [5.41, 5.74) is 0.979. The summed E-state index contributed by atoms with van der Waals surface area (Å²) in [6, 6.07) is 3.40. The molecule has 3 heterocycles. The summed E-state index contributed by atoms with van der Waals surface area (Å²) in [7, 11) is 1.63. The van der Waals surface area contributed by atoms with Crippen LogP contribution in [-0.2, 0) is 16.1 Å². The highest BCUT2D eigenvalue weighted by atomic mass is 16.5. The highest BCUT2D eigenvalue weighted by Crippen LogP contribution is 2.37. The molecule has 1 N–H and O–H groups in total. The molecular formula is C18H23N3O5. The predicted molar refractivity (Wildman–Crippen MR) is 92.4 cm³/mol. The zero-order valence-corrected chi connectivity index (χ0v) is 14.8. The number of nitrogens with one attached hydrogen (secondary N) is 1. The summed E-state index contributed by atoms with van der Waals surface area (Å²) >= 11 is 0. The smallest absolute Gasteiger partial charge is 0.244 e. The maximum Gasteiger partial charge on any atom is 0.244 e. The number of hydrogen-bond donors (Lipinski definition) is 1. The van der Waals surface area contributed by atoms with Crippen LogP contribution in [0.25, 0.3) is 0 Å². The third-order valence-electron chi connectivity index (χ3n) is 5.05. The van der Waals surface area contributed by atoms with E-state index in [1.54, 1.807) is 12.0 Å². The maximum absolute atomic E-state index is 12.1. The van der Waals surface area contributed by atoms with Crippen LogP contribution in [0.2, 0.25) is 0 Å². The lowest BCUT2D eigenvalue weighted by atomic mass is 10.1. The fourth-order valence-corrected chi connectivity index (χ4v) is 3.67. The molecular weight excluding hydrogens is 338 g/mol. The number of hydrogen-bond acceptors (Lipinski definition) is 6. The van der Waals surface area contributed by atoms with Crippen LogP contribution in [0.4, 0.5) is 0 Å². The molecule has 0 aromatic heterocycles. The summed E-state index contributed by atoms with van der Waals surface area (Å²) in [5.74, 6) is 2.07. The van der Waals surface area contributed by atoms with Gasteiger partial charge in [0.15, 0.2) is 11.5 Å². The van der Waals surface area contributed by atoms with E-state index < -0.39 is 6.04 Å². The average Bonchev–Trinajstić information content (AvgIpc) is 2.89. The molecule has 0 spiro atoms. The fourth-order valence-electron chi connectivity index (χ4n) is 3.67. The van der Waals surface area contributed by atoms with Crippen LogP contribution in [-0.4, -0.2) is 74.2 Å². The number of piperazine rings is 2. The van der Waals surface area contributed by atoms with E-state index in [0.717, 1.165) is 23.5 Å². The molecule has 1 atom stereocenters. The highest BCUT2D eigenvalue weighted by molar-refractivity contribution is 5.95. The minimum atomic E-state index is -0.420. The zero-order valence-electron chi connectivity index (χ0n) is 14.8. The van der Waals surface area contributed by atoms with Crippen molar-refractivity contribution in [1.29, 1.82) is 0 Å². The van der Waals surface area contributed by atoms with E-state index in [2.05, 4.69) is 10.2 Å². The Morgan fingerprint density at radius 3 is 2.73 bits per heavy atom. The molecule has 1 aromatic rings. The van der Waals surface area contributed by atoms with Crippen LogP contribution >= 0.6 is 0 Å². The van der Waals surface area contributed by atoms with Gasteiger partial charge in [-0.2, -0.15) is 0 Å². The summed E-state index contributed by atoms with van der Waals surface area (Å²) < 4.78 is 17.0. The zero-order chi connectivity index (χ0) is 18.1. The SMILES string of the molecule is COc1cc2c(cc1CN1CCN3C(=O)CNC(=O)C3C1)OCCCO2. The Balaban J connectivity index is 1.53. The van der Waals surface area contributed by atoms with Crippen LogP contribution in [0, 0.1) is 0 Å². The van der Waals surface area contributed by atoms with Crippen LogP contribution < -0.4 is 19.5 Å². The van der Waals surface area contributed by atoms with E-state index in [1.165, 1.54) is 0 Å². The average molecular weight is 361 g/mol. The van der Waals surface area contributed by atoms with Crippen LogP contribution in [0.5, 0.6) is 17.2 Å².